The summed E-state index contributed by atoms with van der Waals surface area (Å²) in [5.74, 6) is 1.60. The Morgan fingerprint density at radius 1 is 0.833 bits per heavy atom. The third-order valence-electron chi connectivity index (χ3n) is 5.32. The van der Waals surface area contributed by atoms with Gasteiger partial charge in [0.2, 0.25) is 0 Å². The zero-order valence-electron chi connectivity index (χ0n) is 18.4. The van der Waals surface area contributed by atoms with Crippen LogP contribution in [0.5, 0.6) is 11.5 Å². The number of benzene rings is 3. The van der Waals surface area contributed by atoms with Crippen LogP contribution in [-0.4, -0.2) is 12.6 Å². The van der Waals surface area contributed by atoms with Crippen LogP contribution in [0, 0.1) is 6.92 Å². The Morgan fingerprint density at radius 3 is 2.37 bits per heavy atom. The fourth-order valence-electron chi connectivity index (χ4n) is 3.40. The summed E-state index contributed by atoms with van der Waals surface area (Å²) in [6, 6.07) is 25.6. The maximum Gasteiger partial charge on any atom is 0.161 e. The number of hydrogen-bond acceptors (Lipinski definition) is 3. The predicted molar refractivity (Wildman–Crippen MR) is 124 cm³/mol. The second-order valence-electron chi connectivity index (χ2n) is 7.74. The maximum absolute atomic E-state index is 6.08. The Morgan fingerprint density at radius 2 is 1.60 bits per heavy atom. The topological polar surface area (TPSA) is 30.5 Å². The first kappa shape index (κ1) is 21.9. The van der Waals surface area contributed by atoms with Crippen LogP contribution < -0.4 is 14.8 Å². The lowest BCUT2D eigenvalue weighted by atomic mass is 10.1. The van der Waals surface area contributed by atoms with Crippen molar-refractivity contribution in [2.24, 2.45) is 0 Å². The maximum atomic E-state index is 6.08. The highest BCUT2D eigenvalue weighted by atomic mass is 16.5. The minimum absolute atomic E-state index is 0.442. The summed E-state index contributed by atoms with van der Waals surface area (Å²) in [5, 5.41) is 3.63. The summed E-state index contributed by atoms with van der Waals surface area (Å²) in [6.45, 7) is 8.32. The van der Waals surface area contributed by atoms with Gasteiger partial charge in [0, 0.05) is 12.6 Å². The second-order valence-corrected chi connectivity index (χ2v) is 7.74. The van der Waals surface area contributed by atoms with E-state index in [1.807, 2.05) is 25.1 Å². The molecule has 3 heteroatoms. The lowest BCUT2D eigenvalue weighted by Crippen LogP contribution is -2.26. The van der Waals surface area contributed by atoms with Gasteiger partial charge in [0.25, 0.3) is 0 Å². The Hall–Kier alpha value is -2.78. The van der Waals surface area contributed by atoms with Crippen molar-refractivity contribution in [3.05, 3.63) is 95.1 Å². The van der Waals surface area contributed by atoms with Crippen LogP contribution in [0.1, 0.15) is 42.5 Å². The molecule has 3 nitrogen and oxygen atoms in total. The molecule has 3 rings (SSSR count). The average Bonchev–Trinajstić information content (AvgIpc) is 2.77. The Bertz CT molecular complexity index is 908. The second kappa shape index (κ2) is 11.4. The molecule has 0 aliphatic rings. The van der Waals surface area contributed by atoms with E-state index in [0.717, 1.165) is 30.9 Å². The van der Waals surface area contributed by atoms with Gasteiger partial charge in [0.15, 0.2) is 11.5 Å². The molecule has 3 aromatic rings. The van der Waals surface area contributed by atoms with Crippen LogP contribution >= 0.6 is 0 Å². The Balaban J connectivity index is 1.55. The molecular weight excluding hydrogens is 370 g/mol. The van der Waals surface area contributed by atoms with E-state index in [9.17, 15) is 0 Å². The van der Waals surface area contributed by atoms with Crippen molar-refractivity contribution in [3.8, 4) is 11.5 Å². The van der Waals surface area contributed by atoms with Crippen molar-refractivity contribution < 1.29 is 9.47 Å². The number of rotatable bonds is 11. The Kier molecular flexibility index (Phi) is 8.34. The minimum atomic E-state index is 0.442. The summed E-state index contributed by atoms with van der Waals surface area (Å²) in [6.07, 6.45) is 2.20. The van der Waals surface area contributed by atoms with Crippen LogP contribution in [-0.2, 0) is 19.6 Å². The van der Waals surface area contributed by atoms with Gasteiger partial charge in [0.05, 0.1) is 6.61 Å². The van der Waals surface area contributed by atoms with Crippen molar-refractivity contribution in [2.75, 3.05) is 6.61 Å². The molecule has 0 saturated heterocycles. The van der Waals surface area contributed by atoms with Crippen molar-refractivity contribution in [3.63, 3.8) is 0 Å². The summed E-state index contributed by atoms with van der Waals surface area (Å²) >= 11 is 0. The molecule has 0 unspecified atom stereocenters. The van der Waals surface area contributed by atoms with Crippen molar-refractivity contribution >= 4 is 0 Å². The van der Waals surface area contributed by atoms with Gasteiger partial charge in [-0.1, -0.05) is 60.7 Å². The van der Waals surface area contributed by atoms with Crippen LogP contribution in [0.15, 0.2) is 72.8 Å². The van der Waals surface area contributed by atoms with E-state index in [1.54, 1.807) is 0 Å². The third-order valence-corrected chi connectivity index (χ3v) is 5.32. The zero-order chi connectivity index (χ0) is 21.2. The van der Waals surface area contributed by atoms with Crippen LogP contribution in [0.2, 0.25) is 0 Å². The molecule has 158 valence electrons. The van der Waals surface area contributed by atoms with Gasteiger partial charge in [-0.3, -0.25) is 0 Å². The van der Waals surface area contributed by atoms with E-state index >= 15 is 0 Å². The molecule has 1 atom stereocenters. The molecule has 0 saturated carbocycles. The number of aryl methyl sites for hydroxylation is 2. The summed E-state index contributed by atoms with van der Waals surface area (Å²) < 4.78 is 11.9. The van der Waals surface area contributed by atoms with Gasteiger partial charge in [0.1, 0.15) is 6.61 Å². The highest BCUT2D eigenvalue weighted by Crippen LogP contribution is 2.29. The standard InChI is InChI=1S/C27H33NO2/c1-4-29-27-18-24(19-28-22(3)14-15-23-11-6-5-7-12-23)16-17-26(27)30-20-25-13-9-8-10-21(25)2/h5-13,16-18,22,28H,4,14-15,19-20H2,1-3H3/t22-/m0/s1. The van der Waals surface area contributed by atoms with Crippen molar-refractivity contribution in [2.45, 2.75) is 52.8 Å². The molecule has 30 heavy (non-hydrogen) atoms. The van der Waals surface area contributed by atoms with Crippen LogP contribution in [0.4, 0.5) is 0 Å². The normalized spacial score (nSPS) is 11.8. The number of ether oxygens (including phenoxy) is 2. The summed E-state index contributed by atoms with van der Waals surface area (Å²) in [5.41, 5.74) is 5.02. The molecule has 0 aliphatic heterocycles. The van der Waals surface area contributed by atoms with Gasteiger partial charge in [-0.05, 0) is 68.0 Å². The van der Waals surface area contributed by atoms with Gasteiger partial charge < -0.3 is 14.8 Å². The fourth-order valence-corrected chi connectivity index (χ4v) is 3.40. The monoisotopic (exact) mass is 403 g/mol. The van der Waals surface area contributed by atoms with E-state index in [-0.39, 0.29) is 0 Å². The smallest absolute Gasteiger partial charge is 0.161 e. The van der Waals surface area contributed by atoms with Crippen LogP contribution in [0.3, 0.4) is 0 Å². The molecule has 0 aliphatic carbocycles. The molecule has 0 heterocycles. The SMILES string of the molecule is CCOc1cc(CN[C@@H](C)CCc2ccccc2)ccc1OCc1ccccc1C. The first-order valence-electron chi connectivity index (χ1n) is 10.9. The van der Waals surface area contributed by atoms with Crippen molar-refractivity contribution in [1.29, 1.82) is 0 Å². The largest absolute Gasteiger partial charge is 0.490 e. The van der Waals surface area contributed by atoms with E-state index in [4.69, 9.17) is 9.47 Å². The summed E-state index contributed by atoms with van der Waals surface area (Å²) in [7, 11) is 0. The third kappa shape index (κ3) is 6.64. The average molecular weight is 404 g/mol. The zero-order valence-corrected chi connectivity index (χ0v) is 18.4. The quantitative estimate of drug-likeness (QED) is 0.421. The predicted octanol–water partition coefficient (Wildman–Crippen LogP) is 6.08. The molecule has 0 amide bonds. The fraction of sp³-hybridized carbons (Fsp3) is 0.333. The number of hydrogen-bond donors (Lipinski definition) is 1. The van der Waals surface area contributed by atoms with Gasteiger partial charge in [-0.2, -0.15) is 0 Å². The van der Waals surface area contributed by atoms with Gasteiger partial charge >= 0.3 is 0 Å². The molecule has 0 aromatic heterocycles. The van der Waals surface area contributed by atoms with E-state index < -0.39 is 0 Å². The van der Waals surface area contributed by atoms with Gasteiger partial charge in [-0.15, -0.1) is 0 Å². The van der Waals surface area contributed by atoms with E-state index in [2.05, 4.69) is 73.8 Å². The molecule has 0 bridgehead atoms. The minimum Gasteiger partial charge on any atom is -0.490 e. The first-order chi connectivity index (χ1) is 14.7. The lowest BCUT2D eigenvalue weighted by molar-refractivity contribution is 0.268. The highest BCUT2D eigenvalue weighted by molar-refractivity contribution is 5.43. The first-order valence-corrected chi connectivity index (χ1v) is 10.9. The highest BCUT2D eigenvalue weighted by Gasteiger charge is 2.09. The number of nitrogens with one attached hydrogen (secondary N) is 1. The molecule has 0 fully saturated rings. The lowest BCUT2D eigenvalue weighted by Gasteiger charge is -2.16. The van der Waals surface area contributed by atoms with E-state index in [0.29, 0.717) is 19.3 Å². The van der Waals surface area contributed by atoms with E-state index in [1.165, 1.54) is 22.3 Å². The molecular formula is C27H33NO2. The molecule has 3 aromatic carbocycles. The molecule has 0 spiro atoms. The molecule has 1 N–H and O–H groups in total. The van der Waals surface area contributed by atoms with Gasteiger partial charge in [-0.25, -0.2) is 0 Å². The van der Waals surface area contributed by atoms with Crippen LogP contribution in [0.25, 0.3) is 0 Å². The Labute approximate surface area is 181 Å². The van der Waals surface area contributed by atoms with Crippen molar-refractivity contribution in [1.82, 2.24) is 5.32 Å². The summed E-state index contributed by atoms with van der Waals surface area (Å²) in [4.78, 5) is 0. The molecule has 0 radical (unpaired) electrons.